The summed E-state index contributed by atoms with van der Waals surface area (Å²) in [6, 6.07) is 5.46. The Labute approximate surface area is 151 Å². The normalized spacial score (nSPS) is 13.0. The molecule has 2 unspecified atom stereocenters. The van der Waals surface area contributed by atoms with E-state index in [4.69, 9.17) is 5.26 Å². The number of nitrogens with zero attached hydrogens (tertiary/aromatic N) is 1. The highest BCUT2D eigenvalue weighted by Gasteiger charge is 2.26. The summed E-state index contributed by atoms with van der Waals surface area (Å²) < 4.78 is 23.1. The topological polar surface area (TPSA) is 145 Å². The van der Waals surface area contributed by atoms with E-state index in [9.17, 15) is 22.8 Å². The molecule has 0 saturated heterocycles. The number of sulfone groups is 1. The molecule has 10 heteroatoms. The third kappa shape index (κ3) is 7.31. The minimum absolute atomic E-state index is 0.179. The molecule has 1 aromatic rings. The van der Waals surface area contributed by atoms with Crippen LogP contribution in [0.5, 0.6) is 0 Å². The number of benzene rings is 1. The summed E-state index contributed by atoms with van der Waals surface area (Å²) in [4.78, 5) is 35.4. The molecule has 0 aliphatic rings. The maximum Gasteiger partial charge on any atom is 0.251 e. The number of anilines is 1. The zero-order valence-electron chi connectivity index (χ0n) is 14.6. The van der Waals surface area contributed by atoms with Crippen molar-refractivity contribution in [3.8, 4) is 6.07 Å². The van der Waals surface area contributed by atoms with Gasteiger partial charge in [0, 0.05) is 24.4 Å². The Morgan fingerprint density at radius 3 is 2.19 bits per heavy atom. The largest absolute Gasteiger partial charge is 0.339 e. The highest BCUT2D eigenvalue weighted by atomic mass is 32.2. The van der Waals surface area contributed by atoms with Crippen LogP contribution >= 0.6 is 0 Å². The van der Waals surface area contributed by atoms with Crippen LogP contribution in [0.25, 0.3) is 0 Å². The lowest BCUT2D eigenvalue weighted by Gasteiger charge is -2.18. The van der Waals surface area contributed by atoms with Gasteiger partial charge in [-0.25, -0.2) is 8.42 Å². The fraction of sp³-hybridized carbons (Fsp3) is 0.375. The lowest BCUT2D eigenvalue weighted by atomic mass is 10.1. The summed E-state index contributed by atoms with van der Waals surface area (Å²) in [6.07, 6.45) is 0.940. The van der Waals surface area contributed by atoms with Crippen LogP contribution in [-0.2, 0) is 19.4 Å². The van der Waals surface area contributed by atoms with Crippen molar-refractivity contribution in [2.75, 3.05) is 17.3 Å². The van der Waals surface area contributed by atoms with Crippen molar-refractivity contribution in [1.82, 2.24) is 10.6 Å². The molecular formula is C16H20N4O5S. The summed E-state index contributed by atoms with van der Waals surface area (Å²) >= 11 is 0. The van der Waals surface area contributed by atoms with Gasteiger partial charge in [0.15, 0.2) is 0 Å². The Hall–Kier alpha value is -2.93. The average Bonchev–Trinajstić information content (AvgIpc) is 2.52. The van der Waals surface area contributed by atoms with E-state index in [2.05, 4.69) is 16.0 Å². The van der Waals surface area contributed by atoms with Gasteiger partial charge in [-0.05, 0) is 31.2 Å². The Kier molecular flexibility index (Phi) is 7.28. The zero-order valence-corrected chi connectivity index (χ0v) is 15.4. The smallest absolute Gasteiger partial charge is 0.251 e. The first-order valence-corrected chi connectivity index (χ1v) is 9.64. The molecule has 0 radical (unpaired) electrons. The molecule has 0 aliphatic heterocycles. The SMILES string of the molecule is CC(=O)Nc1ccc(C(=O)NC(CS(C)(=O)=O)C(=O)NC(C)C#N)cc1. The number of carbonyl (C=O) groups excluding carboxylic acids is 3. The average molecular weight is 380 g/mol. The first-order chi connectivity index (χ1) is 12.0. The number of nitrogens with one attached hydrogen (secondary N) is 3. The fourth-order valence-corrected chi connectivity index (χ4v) is 2.82. The summed E-state index contributed by atoms with van der Waals surface area (Å²) in [6.45, 7) is 2.77. The number of carbonyl (C=O) groups is 3. The predicted octanol–water partition coefficient (Wildman–Crippen LogP) is -0.184. The van der Waals surface area contributed by atoms with E-state index in [1.165, 1.54) is 38.1 Å². The van der Waals surface area contributed by atoms with Crippen molar-refractivity contribution in [2.45, 2.75) is 25.9 Å². The van der Waals surface area contributed by atoms with Gasteiger partial charge < -0.3 is 16.0 Å². The maximum atomic E-state index is 12.3. The lowest BCUT2D eigenvalue weighted by molar-refractivity contribution is -0.122. The second-order valence-corrected chi connectivity index (χ2v) is 7.92. The molecule has 0 heterocycles. The minimum Gasteiger partial charge on any atom is -0.339 e. The van der Waals surface area contributed by atoms with Crippen LogP contribution in [0.4, 0.5) is 5.69 Å². The summed E-state index contributed by atoms with van der Waals surface area (Å²) in [7, 11) is -3.56. The molecule has 0 aromatic heterocycles. The van der Waals surface area contributed by atoms with E-state index in [0.717, 1.165) is 6.26 Å². The van der Waals surface area contributed by atoms with Crippen LogP contribution < -0.4 is 16.0 Å². The third-order valence-electron chi connectivity index (χ3n) is 3.11. The zero-order chi connectivity index (χ0) is 19.9. The van der Waals surface area contributed by atoms with E-state index in [-0.39, 0.29) is 11.5 Å². The van der Waals surface area contributed by atoms with Gasteiger partial charge >= 0.3 is 0 Å². The van der Waals surface area contributed by atoms with Gasteiger partial charge in [-0.1, -0.05) is 0 Å². The van der Waals surface area contributed by atoms with E-state index < -0.39 is 39.5 Å². The number of nitriles is 1. The third-order valence-corrected chi connectivity index (χ3v) is 4.05. The highest BCUT2D eigenvalue weighted by Crippen LogP contribution is 2.10. The quantitative estimate of drug-likeness (QED) is 0.598. The monoisotopic (exact) mass is 380 g/mol. The number of amides is 3. The molecule has 1 rings (SSSR count). The number of hydrogen-bond acceptors (Lipinski definition) is 6. The Morgan fingerprint density at radius 1 is 1.15 bits per heavy atom. The number of rotatable bonds is 7. The van der Waals surface area contributed by atoms with Crippen LogP contribution in [0.15, 0.2) is 24.3 Å². The second kappa shape index (κ2) is 8.96. The molecule has 1 aromatic carbocycles. The molecule has 2 atom stereocenters. The molecule has 0 bridgehead atoms. The molecular weight excluding hydrogens is 360 g/mol. The first-order valence-electron chi connectivity index (χ1n) is 7.58. The maximum absolute atomic E-state index is 12.3. The van der Waals surface area contributed by atoms with Crippen molar-refractivity contribution >= 4 is 33.2 Å². The molecule has 0 spiro atoms. The highest BCUT2D eigenvalue weighted by molar-refractivity contribution is 7.90. The van der Waals surface area contributed by atoms with Crippen LogP contribution in [-0.4, -0.2) is 50.2 Å². The molecule has 0 fully saturated rings. The van der Waals surface area contributed by atoms with Crippen molar-refractivity contribution < 1.29 is 22.8 Å². The summed E-state index contributed by atoms with van der Waals surface area (Å²) in [5.41, 5.74) is 0.668. The van der Waals surface area contributed by atoms with Gasteiger partial charge in [0.05, 0.1) is 11.8 Å². The van der Waals surface area contributed by atoms with Crippen molar-refractivity contribution in [1.29, 1.82) is 5.26 Å². The van der Waals surface area contributed by atoms with Gasteiger partial charge in [-0.2, -0.15) is 5.26 Å². The van der Waals surface area contributed by atoms with E-state index >= 15 is 0 Å². The van der Waals surface area contributed by atoms with Gasteiger partial charge in [0.2, 0.25) is 11.8 Å². The summed E-state index contributed by atoms with van der Waals surface area (Å²) in [5.74, 6) is -2.30. The lowest BCUT2D eigenvalue weighted by Crippen LogP contribution is -2.51. The van der Waals surface area contributed by atoms with Crippen LogP contribution in [0.3, 0.4) is 0 Å². The van der Waals surface area contributed by atoms with Gasteiger partial charge in [-0.15, -0.1) is 0 Å². The summed E-state index contributed by atoms with van der Waals surface area (Å²) in [5, 5.41) is 16.0. The van der Waals surface area contributed by atoms with Crippen molar-refractivity contribution in [3.05, 3.63) is 29.8 Å². The van der Waals surface area contributed by atoms with Gasteiger partial charge in [-0.3, -0.25) is 14.4 Å². The number of hydrogen-bond donors (Lipinski definition) is 3. The minimum atomic E-state index is -3.56. The second-order valence-electron chi connectivity index (χ2n) is 5.74. The van der Waals surface area contributed by atoms with Crippen LogP contribution in [0.1, 0.15) is 24.2 Å². The van der Waals surface area contributed by atoms with Crippen LogP contribution in [0.2, 0.25) is 0 Å². The molecule has 9 nitrogen and oxygen atoms in total. The Balaban J connectivity index is 2.92. The molecule has 3 amide bonds. The van der Waals surface area contributed by atoms with E-state index in [1.807, 2.05) is 0 Å². The van der Waals surface area contributed by atoms with E-state index in [1.54, 1.807) is 6.07 Å². The fourth-order valence-electron chi connectivity index (χ4n) is 1.98. The first kappa shape index (κ1) is 21.1. The van der Waals surface area contributed by atoms with Crippen molar-refractivity contribution in [3.63, 3.8) is 0 Å². The molecule has 3 N–H and O–H groups in total. The Morgan fingerprint density at radius 2 is 1.73 bits per heavy atom. The van der Waals surface area contributed by atoms with Crippen molar-refractivity contribution in [2.24, 2.45) is 0 Å². The molecule has 26 heavy (non-hydrogen) atoms. The van der Waals surface area contributed by atoms with E-state index in [0.29, 0.717) is 5.69 Å². The Bertz CT molecular complexity index is 827. The molecule has 140 valence electrons. The standard InChI is InChI=1S/C16H20N4O5S/c1-10(8-17)18-16(23)14(9-26(3,24)25)20-15(22)12-4-6-13(7-5-12)19-11(2)21/h4-7,10,14H,9H2,1-3H3,(H,18,23)(H,19,21)(H,20,22). The van der Waals surface area contributed by atoms with Gasteiger partial charge in [0.25, 0.3) is 5.91 Å². The molecule has 0 aliphatic carbocycles. The van der Waals surface area contributed by atoms with Gasteiger partial charge in [0.1, 0.15) is 21.9 Å². The predicted molar refractivity (Wildman–Crippen MR) is 94.9 cm³/mol. The van der Waals surface area contributed by atoms with Crippen LogP contribution in [0, 0.1) is 11.3 Å². The molecule has 0 saturated carbocycles.